The van der Waals surface area contributed by atoms with Crippen LogP contribution in [0.4, 0.5) is 0 Å². The molecule has 0 N–H and O–H groups in total. The normalized spacial score (nSPS) is 10.2. The van der Waals surface area contributed by atoms with Crippen molar-refractivity contribution in [2.45, 2.75) is 19.9 Å². The molecular weight excluding hydrogens is 206 g/mol. The number of nitrogens with zero attached hydrogens (tertiary/aromatic N) is 1. The molecule has 0 aliphatic carbocycles. The van der Waals surface area contributed by atoms with E-state index in [-0.39, 0.29) is 0 Å². The molecule has 2 aromatic rings. The van der Waals surface area contributed by atoms with Gasteiger partial charge in [-0.15, -0.1) is 0 Å². The van der Waals surface area contributed by atoms with Gasteiger partial charge in [0, 0.05) is 24.1 Å². The Morgan fingerprint density at radius 3 is 2.47 bits per heavy atom. The summed E-state index contributed by atoms with van der Waals surface area (Å²) < 4.78 is 2.26. The molecule has 1 heteroatoms. The monoisotopic (exact) mass is 224 g/mol. The zero-order valence-corrected chi connectivity index (χ0v) is 10.3. The molecule has 86 valence electrons. The highest BCUT2D eigenvalue weighted by Gasteiger charge is 2.09. The van der Waals surface area contributed by atoms with Gasteiger partial charge in [0.25, 0.3) is 0 Å². The van der Waals surface area contributed by atoms with Gasteiger partial charge in [-0.3, -0.25) is 0 Å². The van der Waals surface area contributed by atoms with Crippen LogP contribution in [0.25, 0.3) is 5.57 Å². The summed E-state index contributed by atoms with van der Waals surface area (Å²) in [5, 5.41) is 0. The van der Waals surface area contributed by atoms with E-state index in [1.165, 1.54) is 11.3 Å². The van der Waals surface area contributed by atoms with Crippen molar-refractivity contribution in [3.8, 4) is 0 Å². The first kappa shape index (κ1) is 11.6. The number of rotatable bonds is 4. The van der Waals surface area contributed by atoms with Gasteiger partial charge in [0.2, 0.25) is 0 Å². The fourth-order valence-electron chi connectivity index (χ4n) is 1.96. The first-order chi connectivity index (χ1) is 8.31. The van der Waals surface area contributed by atoms with E-state index >= 15 is 0 Å². The molecule has 0 bridgehead atoms. The van der Waals surface area contributed by atoms with Crippen LogP contribution in [-0.2, 0) is 13.0 Å². The third kappa shape index (κ3) is 2.82. The summed E-state index contributed by atoms with van der Waals surface area (Å²) in [6, 6.07) is 16.7. The molecular formula is C16H18N+. The summed E-state index contributed by atoms with van der Waals surface area (Å²) in [7, 11) is 0. The zero-order chi connectivity index (χ0) is 12.1. The number of pyridine rings is 1. The second-order valence-corrected chi connectivity index (χ2v) is 4.14. The molecule has 1 nitrogen and oxygen atoms in total. The van der Waals surface area contributed by atoms with Crippen LogP contribution in [0.15, 0.2) is 61.3 Å². The molecule has 0 unspecified atom stereocenters. The Hall–Kier alpha value is -1.89. The lowest BCUT2D eigenvalue weighted by Gasteiger charge is -2.05. The Kier molecular flexibility index (Phi) is 3.71. The van der Waals surface area contributed by atoms with Gasteiger partial charge < -0.3 is 0 Å². The van der Waals surface area contributed by atoms with E-state index in [2.05, 4.69) is 66.7 Å². The molecule has 0 saturated carbocycles. The molecule has 1 heterocycles. The van der Waals surface area contributed by atoms with E-state index in [4.69, 9.17) is 0 Å². The summed E-state index contributed by atoms with van der Waals surface area (Å²) in [6.45, 7) is 7.21. The van der Waals surface area contributed by atoms with Gasteiger partial charge in [0.15, 0.2) is 18.4 Å². The Bertz CT molecular complexity index is 500. The Balaban J connectivity index is 2.19. The maximum Gasteiger partial charge on any atom is 0.181 e. The molecule has 0 radical (unpaired) electrons. The van der Waals surface area contributed by atoms with E-state index < -0.39 is 0 Å². The van der Waals surface area contributed by atoms with Crippen molar-refractivity contribution in [2.24, 2.45) is 0 Å². The summed E-state index contributed by atoms with van der Waals surface area (Å²) in [6.07, 6.45) is 3.16. The molecule has 2 rings (SSSR count). The minimum Gasteiger partial charge on any atom is -0.198 e. The summed E-state index contributed by atoms with van der Waals surface area (Å²) in [4.78, 5) is 0. The molecule has 0 aliphatic heterocycles. The van der Waals surface area contributed by atoms with Crippen LogP contribution in [-0.4, -0.2) is 0 Å². The average molecular weight is 224 g/mol. The molecule has 0 saturated heterocycles. The first-order valence-corrected chi connectivity index (χ1v) is 6.02. The van der Waals surface area contributed by atoms with Gasteiger partial charge >= 0.3 is 0 Å². The molecule has 0 fully saturated rings. The van der Waals surface area contributed by atoms with E-state index in [9.17, 15) is 0 Å². The molecule has 0 aliphatic rings. The van der Waals surface area contributed by atoms with Crippen molar-refractivity contribution in [3.05, 3.63) is 72.6 Å². The van der Waals surface area contributed by atoms with Crippen LogP contribution in [0.2, 0.25) is 0 Å². The van der Waals surface area contributed by atoms with Crippen molar-refractivity contribution in [2.75, 3.05) is 0 Å². The first-order valence-electron chi connectivity index (χ1n) is 6.02. The highest BCUT2D eigenvalue weighted by Crippen LogP contribution is 2.11. The SMILES string of the molecule is C=C(C[n+]1ccccc1CC)c1ccccc1. The number of hydrogen-bond acceptors (Lipinski definition) is 0. The van der Waals surface area contributed by atoms with Crippen LogP contribution in [0, 0.1) is 0 Å². The summed E-state index contributed by atoms with van der Waals surface area (Å²) >= 11 is 0. The van der Waals surface area contributed by atoms with Crippen LogP contribution in [0.3, 0.4) is 0 Å². The highest BCUT2D eigenvalue weighted by atomic mass is 15.0. The molecule has 0 amide bonds. The van der Waals surface area contributed by atoms with Crippen molar-refractivity contribution in [1.82, 2.24) is 0 Å². The third-order valence-corrected chi connectivity index (χ3v) is 2.94. The molecule has 0 atom stereocenters. The van der Waals surface area contributed by atoms with Crippen molar-refractivity contribution in [3.63, 3.8) is 0 Å². The molecule has 1 aromatic carbocycles. The number of aryl methyl sites for hydroxylation is 1. The molecule has 17 heavy (non-hydrogen) atoms. The Labute approximate surface area is 103 Å². The lowest BCUT2D eigenvalue weighted by molar-refractivity contribution is -0.691. The summed E-state index contributed by atoms with van der Waals surface area (Å²) in [5.74, 6) is 0. The van der Waals surface area contributed by atoms with Gasteiger partial charge in [-0.05, 0) is 5.56 Å². The smallest absolute Gasteiger partial charge is 0.181 e. The Morgan fingerprint density at radius 1 is 1.06 bits per heavy atom. The highest BCUT2D eigenvalue weighted by molar-refractivity contribution is 5.61. The number of hydrogen-bond donors (Lipinski definition) is 0. The molecule has 1 aromatic heterocycles. The van der Waals surface area contributed by atoms with Gasteiger partial charge in [0.1, 0.15) is 0 Å². The van der Waals surface area contributed by atoms with E-state index in [1.54, 1.807) is 0 Å². The average Bonchev–Trinajstić information content (AvgIpc) is 2.40. The van der Waals surface area contributed by atoms with Crippen molar-refractivity contribution >= 4 is 5.57 Å². The topological polar surface area (TPSA) is 3.88 Å². The van der Waals surface area contributed by atoms with E-state index in [0.29, 0.717) is 0 Å². The Morgan fingerprint density at radius 2 is 1.76 bits per heavy atom. The lowest BCUT2D eigenvalue weighted by atomic mass is 10.1. The van der Waals surface area contributed by atoms with Crippen LogP contribution < -0.4 is 4.57 Å². The van der Waals surface area contributed by atoms with Crippen molar-refractivity contribution in [1.29, 1.82) is 0 Å². The second kappa shape index (κ2) is 5.44. The number of benzene rings is 1. The van der Waals surface area contributed by atoms with Gasteiger partial charge in [0.05, 0.1) is 0 Å². The lowest BCUT2D eigenvalue weighted by Crippen LogP contribution is -2.38. The van der Waals surface area contributed by atoms with Crippen LogP contribution in [0.1, 0.15) is 18.2 Å². The minimum absolute atomic E-state index is 0.855. The zero-order valence-electron chi connectivity index (χ0n) is 10.3. The van der Waals surface area contributed by atoms with E-state index in [0.717, 1.165) is 18.5 Å². The van der Waals surface area contributed by atoms with Crippen LogP contribution in [0.5, 0.6) is 0 Å². The van der Waals surface area contributed by atoms with Gasteiger partial charge in [-0.25, -0.2) is 0 Å². The van der Waals surface area contributed by atoms with Gasteiger partial charge in [-0.2, -0.15) is 4.57 Å². The standard InChI is InChI=1S/C16H18N/c1-3-16-11-7-8-12-17(16)13-14(2)15-9-5-4-6-10-15/h4-12H,2-3,13H2,1H3/q+1. The quantitative estimate of drug-likeness (QED) is 0.702. The van der Waals surface area contributed by atoms with Crippen molar-refractivity contribution < 1.29 is 4.57 Å². The fraction of sp³-hybridized carbons (Fsp3) is 0.188. The maximum absolute atomic E-state index is 4.17. The predicted molar refractivity (Wildman–Crippen MR) is 71.5 cm³/mol. The molecule has 0 spiro atoms. The third-order valence-electron chi connectivity index (χ3n) is 2.94. The summed E-state index contributed by atoms with van der Waals surface area (Å²) in [5.41, 5.74) is 3.70. The van der Waals surface area contributed by atoms with Gasteiger partial charge in [-0.1, -0.05) is 49.9 Å². The minimum atomic E-state index is 0.855. The number of aromatic nitrogens is 1. The second-order valence-electron chi connectivity index (χ2n) is 4.14. The van der Waals surface area contributed by atoms with Crippen LogP contribution >= 0.6 is 0 Å². The predicted octanol–water partition coefficient (Wildman–Crippen LogP) is 3.25. The number of allylic oxidation sites excluding steroid dienone is 1. The fourth-order valence-corrected chi connectivity index (χ4v) is 1.96. The largest absolute Gasteiger partial charge is 0.198 e. The maximum atomic E-state index is 4.17. The van der Waals surface area contributed by atoms with E-state index in [1.807, 2.05) is 6.07 Å².